The van der Waals surface area contributed by atoms with E-state index in [1.54, 1.807) is 0 Å². The molecule has 0 aliphatic carbocycles. The molecule has 2 atom stereocenters. The van der Waals surface area contributed by atoms with Crippen LogP contribution in [0.2, 0.25) is 0 Å². The van der Waals surface area contributed by atoms with Gasteiger partial charge in [-0.15, -0.1) is 0 Å². The van der Waals surface area contributed by atoms with Crippen LogP contribution in [0.15, 0.2) is 24.3 Å². The van der Waals surface area contributed by atoms with Crippen molar-refractivity contribution in [2.45, 2.75) is 45.1 Å². The van der Waals surface area contributed by atoms with E-state index in [0.717, 1.165) is 38.2 Å². The molecule has 2 amide bonds. The molecule has 26 heavy (non-hydrogen) atoms. The maximum Gasteiger partial charge on any atom is 0.241 e. The minimum atomic E-state index is -0.279. The number of rotatable bonds is 5. The number of nitrogens with two attached hydrogens (primary N) is 1. The van der Waals surface area contributed by atoms with Gasteiger partial charge in [0.15, 0.2) is 0 Å². The fourth-order valence-electron chi connectivity index (χ4n) is 3.91. The summed E-state index contributed by atoms with van der Waals surface area (Å²) in [6, 6.07) is 7.82. The Morgan fingerprint density at radius 1 is 1.08 bits per heavy atom. The molecule has 6 nitrogen and oxygen atoms in total. The normalized spacial score (nSPS) is 22.7. The third-order valence-corrected chi connectivity index (χ3v) is 5.64. The first-order valence-corrected chi connectivity index (χ1v) is 9.74. The number of nitrogens with zero attached hydrogens (tertiary/aromatic N) is 2. The van der Waals surface area contributed by atoms with Crippen molar-refractivity contribution >= 4 is 23.2 Å². The molecule has 3 rings (SSSR count). The molecule has 0 saturated carbocycles. The molecular formula is C20H30N4O2. The molecule has 0 radical (unpaired) electrons. The van der Waals surface area contributed by atoms with Crippen molar-refractivity contribution in [3.05, 3.63) is 24.3 Å². The highest BCUT2D eigenvalue weighted by Crippen LogP contribution is 2.23. The monoisotopic (exact) mass is 358 g/mol. The highest BCUT2D eigenvalue weighted by Gasteiger charge is 2.29. The Kier molecular flexibility index (Phi) is 6.14. The van der Waals surface area contributed by atoms with E-state index in [-0.39, 0.29) is 23.8 Å². The Morgan fingerprint density at radius 2 is 1.77 bits per heavy atom. The van der Waals surface area contributed by atoms with Crippen LogP contribution < -0.4 is 16.0 Å². The second kappa shape index (κ2) is 8.54. The van der Waals surface area contributed by atoms with Gasteiger partial charge in [-0.05, 0) is 69.8 Å². The molecule has 2 fully saturated rings. The first-order valence-electron chi connectivity index (χ1n) is 9.74. The lowest BCUT2D eigenvalue weighted by Gasteiger charge is -2.34. The van der Waals surface area contributed by atoms with E-state index >= 15 is 0 Å². The number of nitrogens with one attached hydrogen (secondary N) is 1. The molecule has 0 spiro atoms. The third kappa shape index (κ3) is 4.55. The van der Waals surface area contributed by atoms with E-state index in [1.165, 1.54) is 24.9 Å². The number of hydrogen-bond donors (Lipinski definition) is 2. The van der Waals surface area contributed by atoms with Gasteiger partial charge in [0.05, 0.1) is 12.0 Å². The Labute approximate surface area is 155 Å². The maximum absolute atomic E-state index is 12.6. The lowest BCUT2D eigenvalue weighted by molar-refractivity contribution is -0.127. The van der Waals surface area contributed by atoms with Crippen molar-refractivity contribution in [2.24, 2.45) is 11.7 Å². The molecule has 2 saturated heterocycles. The average molecular weight is 358 g/mol. The van der Waals surface area contributed by atoms with Crippen molar-refractivity contribution in [1.29, 1.82) is 0 Å². The molecule has 6 heteroatoms. The largest absolute Gasteiger partial charge is 0.372 e. The molecular weight excluding hydrogens is 328 g/mol. The topological polar surface area (TPSA) is 78.7 Å². The summed E-state index contributed by atoms with van der Waals surface area (Å²) in [5, 5.41) is 3.00. The van der Waals surface area contributed by atoms with E-state index < -0.39 is 0 Å². The fraction of sp³-hybridized carbons (Fsp3) is 0.600. The van der Waals surface area contributed by atoms with Crippen molar-refractivity contribution in [3.63, 3.8) is 0 Å². The Hall–Kier alpha value is -2.08. The van der Waals surface area contributed by atoms with Crippen LogP contribution in [0, 0.1) is 5.92 Å². The molecule has 3 N–H and O–H groups in total. The van der Waals surface area contributed by atoms with E-state index in [2.05, 4.69) is 27.2 Å². The van der Waals surface area contributed by atoms with Crippen LogP contribution in [0.3, 0.4) is 0 Å². The van der Waals surface area contributed by atoms with E-state index in [1.807, 2.05) is 19.1 Å². The van der Waals surface area contributed by atoms with Crippen LogP contribution in [0.4, 0.5) is 11.4 Å². The summed E-state index contributed by atoms with van der Waals surface area (Å²) < 4.78 is 0. The number of benzene rings is 1. The summed E-state index contributed by atoms with van der Waals surface area (Å²) in [6.45, 7) is 5.50. The van der Waals surface area contributed by atoms with Gasteiger partial charge in [-0.1, -0.05) is 0 Å². The number of amides is 2. The number of hydrogen-bond acceptors (Lipinski definition) is 4. The molecule has 1 aromatic carbocycles. The lowest BCUT2D eigenvalue weighted by Crippen LogP contribution is -2.49. The van der Waals surface area contributed by atoms with Gasteiger partial charge in [0.25, 0.3) is 0 Å². The molecule has 2 aliphatic rings. The van der Waals surface area contributed by atoms with Gasteiger partial charge in [0, 0.05) is 31.0 Å². The molecule has 1 aromatic rings. The summed E-state index contributed by atoms with van der Waals surface area (Å²) in [7, 11) is 0. The van der Waals surface area contributed by atoms with Gasteiger partial charge in [-0.3, -0.25) is 14.5 Å². The SMILES string of the molecule is C[C@@H](C(=O)Nc1ccc(N2CCCCC2)cc1)N1CCC[C@@H](C(N)=O)C1. The van der Waals surface area contributed by atoms with Gasteiger partial charge >= 0.3 is 0 Å². The van der Waals surface area contributed by atoms with Crippen molar-refractivity contribution in [1.82, 2.24) is 4.90 Å². The van der Waals surface area contributed by atoms with Crippen LogP contribution in [0.1, 0.15) is 39.0 Å². The summed E-state index contributed by atoms with van der Waals surface area (Å²) >= 11 is 0. The van der Waals surface area contributed by atoms with Gasteiger partial charge in [0.1, 0.15) is 0 Å². The minimum Gasteiger partial charge on any atom is -0.372 e. The highest BCUT2D eigenvalue weighted by atomic mass is 16.2. The number of carbonyl (C=O) groups is 2. The Balaban J connectivity index is 1.56. The molecule has 0 aromatic heterocycles. The summed E-state index contributed by atoms with van der Waals surface area (Å²) in [5.74, 6) is -0.459. The van der Waals surface area contributed by atoms with Crippen LogP contribution in [-0.2, 0) is 9.59 Å². The molecule has 0 bridgehead atoms. The van der Waals surface area contributed by atoms with Crippen molar-refractivity contribution in [3.8, 4) is 0 Å². The standard InChI is InChI=1S/C20H30N4O2/c1-15(24-13-5-6-16(14-24)19(21)25)20(26)22-17-7-9-18(10-8-17)23-11-3-2-4-12-23/h7-10,15-16H,2-6,11-14H2,1H3,(H2,21,25)(H,22,26)/t15-,16+/m0/s1. The zero-order chi connectivity index (χ0) is 18.5. The second-order valence-electron chi connectivity index (χ2n) is 7.50. The van der Waals surface area contributed by atoms with E-state index in [9.17, 15) is 9.59 Å². The fourth-order valence-corrected chi connectivity index (χ4v) is 3.91. The smallest absolute Gasteiger partial charge is 0.241 e. The third-order valence-electron chi connectivity index (χ3n) is 5.64. The van der Waals surface area contributed by atoms with Gasteiger partial charge in [0.2, 0.25) is 11.8 Å². The van der Waals surface area contributed by atoms with Gasteiger partial charge in [-0.2, -0.15) is 0 Å². The van der Waals surface area contributed by atoms with Crippen LogP contribution in [-0.4, -0.2) is 48.9 Å². The zero-order valence-corrected chi connectivity index (χ0v) is 15.6. The summed E-state index contributed by atoms with van der Waals surface area (Å²) in [6.07, 6.45) is 5.53. The first-order chi connectivity index (χ1) is 12.5. The number of carbonyl (C=O) groups excluding carboxylic acids is 2. The van der Waals surface area contributed by atoms with Crippen LogP contribution in [0.25, 0.3) is 0 Å². The van der Waals surface area contributed by atoms with Crippen molar-refractivity contribution in [2.75, 3.05) is 36.4 Å². The van der Waals surface area contributed by atoms with Gasteiger partial charge < -0.3 is 16.0 Å². The van der Waals surface area contributed by atoms with E-state index in [4.69, 9.17) is 5.73 Å². The maximum atomic E-state index is 12.6. The lowest BCUT2D eigenvalue weighted by atomic mass is 9.96. The quantitative estimate of drug-likeness (QED) is 0.846. The second-order valence-corrected chi connectivity index (χ2v) is 7.50. The Morgan fingerprint density at radius 3 is 2.42 bits per heavy atom. The summed E-state index contributed by atoms with van der Waals surface area (Å²) in [5.41, 5.74) is 7.46. The van der Waals surface area contributed by atoms with Crippen LogP contribution in [0.5, 0.6) is 0 Å². The molecule has 0 unspecified atom stereocenters. The number of anilines is 2. The summed E-state index contributed by atoms with van der Waals surface area (Å²) in [4.78, 5) is 28.5. The van der Waals surface area contributed by atoms with Gasteiger partial charge in [-0.25, -0.2) is 0 Å². The zero-order valence-electron chi connectivity index (χ0n) is 15.6. The number of piperidine rings is 2. The molecule has 2 heterocycles. The van der Waals surface area contributed by atoms with Crippen LogP contribution >= 0.6 is 0 Å². The average Bonchev–Trinajstić information content (AvgIpc) is 2.68. The number of primary amides is 1. The first kappa shape index (κ1) is 18.7. The predicted octanol–water partition coefficient (Wildman–Crippen LogP) is 2.20. The van der Waals surface area contributed by atoms with E-state index in [0.29, 0.717) is 6.54 Å². The number of likely N-dealkylation sites (tertiary alicyclic amines) is 1. The molecule has 142 valence electrons. The van der Waals surface area contributed by atoms with Crippen molar-refractivity contribution < 1.29 is 9.59 Å². The highest BCUT2D eigenvalue weighted by molar-refractivity contribution is 5.94. The molecule has 2 aliphatic heterocycles. The predicted molar refractivity (Wildman–Crippen MR) is 104 cm³/mol. The minimum absolute atomic E-state index is 0.0409. The Bertz CT molecular complexity index is 625.